The third-order valence-corrected chi connectivity index (χ3v) is 4.13. The highest BCUT2D eigenvalue weighted by atomic mass is 32.1. The van der Waals surface area contributed by atoms with E-state index in [9.17, 15) is 0 Å². The lowest BCUT2D eigenvalue weighted by molar-refractivity contribution is 0.561. The lowest BCUT2D eigenvalue weighted by Gasteiger charge is -2.17. The fourth-order valence-electron chi connectivity index (χ4n) is 2.07. The van der Waals surface area contributed by atoms with Crippen molar-refractivity contribution in [2.75, 3.05) is 6.54 Å². The highest BCUT2D eigenvalue weighted by molar-refractivity contribution is 7.15. The van der Waals surface area contributed by atoms with Gasteiger partial charge in [0, 0.05) is 22.5 Å². The molecule has 2 rings (SSSR count). The van der Waals surface area contributed by atoms with Gasteiger partial charge in [-0.1, -0.05) is 33.8 Å². The Morgan fingerprint density at radius 2 is 1.95 bits per heavy atom. The van der Waals surface area contributed by atoms with Gasteiger partial charge in [0.2, 0.25) is 0 Å². The van der Waals surface area contributed by atoms with E-state index in [0.29, 0.717) is 0 Å². The summed E-state index contributed by atoms with van der Waals surface area (Å²) in [6.07, 6.45) is 0. The van der Waals surface area contributed by atoms with Crippen LogP contribution in [0.2, 0.25) is 0 Å². The Morgan fingerprint density at radius 1 is 1.20 bits per heavy atom. The van der Waals surface area contributed by atoms with E-state index in [0.717, 1.165) is 29.5 Å². The summed E-state index contributed by atoms with van der Waals surface area (Å²) in [5.74, 6) is 0. The first-order valence-electron chi connectivity index (χ1n) is 7.06. The number of hydrogen-bond donors (Lipinski definition) is 1. The van der Waals surface area contributed by atoms with Crippen LogP contribution in [0, 0.1) is 6.92 Å². The average Bonchev–Trinajstić information content (AvgIpc) is 2.80. The lowest BCUT2D eigenvalue weighted by Crippen LogP contribution is -2.18. The Kier molecular flexibility index (Phi) is 4.55. The quantitative estimate of drug-likeness (QED) is 0.927. The topological polar surface area (TPSA) is 37.8 Å². The van der Waals surface area contributed by atoms with E-state index in [1.165, 1.54) is 10.6 Å². The molecule has 0 fully saturated rings. The monoisotopic (exact) mass is 289 g/mol. The van der Waals surface area contributed by atoms with Crippen molar-refractivity contribution in [1.82, 2.24) is 15.3 Å². The Balaban J connectivity index is 2.43. The Morgan fingerprint density at radius 3 is 2.55 bits per heavy atom. The zero-order valence-electron chi connectivity index (χ0n) is 12.9. The number of nitrogens with one attached hydrogen (secondary N) is 1. The van der Waals surface area contributed by atoms with Gasteiger partial charge in [0.05, 0.1) is 11.4 Å². The largest absolute Gasteiger partial charge is 0.312 e. The molecule has 0 radical (unpaired) electrons. The van der Waals surface area contributed by atoms with Crippen LogP contribution in [-0.2, 0) is 12.0 Å². The summed E-state index contributed by atoms with van der Waals surface area (Å²) in [5, 5.41) is 4.42. The molecule has 0 unspecified atom stereocenters. The Bertz CT molecular complexity index is 582. The maximum Gasteiger partial charge on any atom is 0.142 e. The van der Waals surface area contributed by atoms with E-state index in [2.05, 4.69) is 38.0 Å². The molecule has 0 saturated carbocycles. The molecule has 4 heteroatoms. The van der Waals surface area contributed by atoms with E-state index in [1.807, 2.05) is 25.1 Å². The number of pyridine rings is 1. The lowest BCUT2D eigenvalue weighted by atomic mass is 9.91. The van der Waals surface area contributed by atoms with Crippen molar-refractivity contribution in [3.63, 3.8) is 0 Å². The van der Waals surface area contributed by atoms with Crippen LogP contribution in [0.4, 0.5) is 0 Å². The third-order valence-electron chi connectivity index (χ3n) is 3.05. The summed E-state index contributed by atoms with van der Waals surface area (Å²) in [5.41, 5.74) is 3.25. The van der Waals surface area contributed by atoms with Crippen LogP contribution in [-0.4, -0.2) is 16.5 Å². The maximum atomic E-state index is 4.86. The molecule has 108 valence electrons. The third kappa shape index (κ3) is 3.44. The molecular weight excluding hydrogens is 266 g/mol. The average molecular weight is 289 g/mol. The maximum absolute atomic E-state index is 4.86. The summed E-state index contributed by atoms with van der Waals surface area (Å²) in [6, 6.07) is 6.09. The van der Waals surface area contributed by atoms with Crippen LogP contribution in [0.1, 0.15) is 44.0 Å². The summed E-state index contributed by atoms with van der Waals surface area (Å²) in [7, 11) is 0. The van der Waals surface area contributed by atoms with Crippen molar-refractivity contribution in [2.24, 2.45) is 0 Å². The van der Waals surface area contributed by atoms with Gasteiger partial charge in [-0.05, 0) is 25.6 Å². The predicted molar refractivity (Wildman–Crippen MR) is 86.2 cm³/mol. The van der Waals surface area contributed by atoms with Gasteiger partial charge in [0.15, 0.2) is 0 Å². The second kappa shape index (κ2) is 6.02. The minimum atomic E-state index is 0.0589. The number of aryl methyl sites for hydroxylation is 1. The minimum absolute atomic E-state index is 0.0589. The molecule has 0 aliphatic rings. The number of rotatable bonds is 4. The van der Waals surface area contributed by atoms with Crippen molar-refractivity contribution in [2.45, 2.75) is 46.6 Å². The summed E-state index contributed by atoms with van der Waals surface area (Å²) in [6.45, 7) is 12.6. The molecule has 2 aromatic rings. The molecular formula is C16H23N3S. The minimum Gasteiger partial charge on any atom is -0.312 e. The van der Waals surface area contributed by atoms with Crippen molar-refractivity contribution >= 4 is 11.3 Å². The van der Waals surface area contributed by atoms with Crippen molar-refractivity contribution in [1.29, 1.82) is 0 Å². The summed E-state index contributed by atoms with van der Waals surface area (Å²) >= 11 is 1.75. The number of hydrogen-bond acceptors (Lipinski definition) is 4. The van der Waals surface area contributed by atoms with Gasteiger partial charge < -0.3 is 5.32 Å². The fourth-order valence-corrected chi connectivity index (χ4v) is 3.28. The molecule has 0 saturated heterocycles. The van der Waals surface area contributed by atoms with E-state index in [1.54, 1.807) is 11.3 Å². The second-order valence-corrected chi connectivity index (χ2v) is 7.07. The van der Waals surface area contributed by atoms with Gasteiger partial charge in [-0.2, -0.15) is 0 Å². The molecule has 0 bridgehead atoms. The summed E-state index contributed by atoms with van der Waals surface area (Å²) < 4.78 is 0. The van der Waals surface area contributed by atoms with E-state index < -0.39 is 0 Å². The summed E-state index contributed by atoms with van der Waals surface area (Å²) in [4.78, 5) is 10.8. The van der Waals surface area contributed by atoms with Gasteiger partial charge in [-0.25, -0.2) is 4.98 Å². The van der Waals surface area contributed by atoms with Gasteiger partial charge in [0.1, 0.15) is 5.01 Å². The van der Waals surface area contributed by atoms with Crippen molar-refractivity contribution < 1.29 is 0 Å². The Labute approximate surface area is 125 Å². The van der Waals surface area contributed by atoms with Crippen LogP contribution in [0.15, 0.2) is 18.2 Å². The fraction of sp³-hybridized carbons (Fsp3) is 0.500. The van der Waals surface area contributed by atoms with E-state index in [-0.39, 0.29) is 5.41 Å². The van der Waals surface area contributed by atoms with Gasteiger partial charge in [-0.3, -0.25) is 4.98 Å². The highest BCUT2D eigenvalue weighted by Crippen LogP contribution is 2.33. The molecule has 0 aliphatic heterocycles. The van der Waals surface area contributed by atoms with Crippen molar-refractivity contribution in [3.05, 3.63) is 34.5 Å². The smallest absolute Gasteiger partial charge is 0.142 e. The molecule has 0 atom stereocenters. The second-order valence-electron chi connectivity index (χ2n) is 5.99. The molecule has 20 heavy (non-hydrogen) atoms. The molecule has 0 aromatic carbocycles. The van der Waals surface area contributed by atoms with Crippen LogP contribution in [0.5, 0.6) is 0 Å². The Hall–Kier alpha value is -1.26. The van der Waals surface area contributed by atoms with Crippen LogP contribution in [0.25, 0.3) is 10.7 Å². The van der Waals surface area contributed by atoms with Crippen molar-refractivity contribution in [3.8, 4) is 10.7 Å². The first-order valence-corrected chi connectivity index (χ1v) is 7.88. The van der Waals surface area contributed by atoms with Gasteiger partial charge in [0.25, 0.3) is 0 Å². The number of aromatic nitrogens is 2. The normalized spacial score (nSPS) is 11.8. The zero-order valence-corrected chi connectivity index (χ0v) is 13.8. The molecule has 1 N–H and O–H groups in total. The molecule has 2 aromatic heterocycles. The molecule has 3 nitrogen and oxygen atoms in total. The van der Waals surface area contributed by atoms with E-state index >= 15 is 0 Å². The SMILES string of the molecule is CCNCc1sc(-c2cccc(C)n2)nc1C(C)(C)C. The predicted octanol–water partition coefficient (Wildman–Crippen LogP) is 3.92. The van der Waals surface area contributed by atoms with Crippen LogP contribution in [0.3, 0.4) is 0 Å². The van der Waals surface area contributed by atoms with Crippen LogP contribution < -0.4 is 5.32 Å². The zero-order chi connectivity index (χ0) is 14.8. The molecule has 2 heterocycles. The number of nitrogens with zero attached hydrogens (tertiary/aromatic N) is 2. The first kappa shape index (κ1) is 15.1. The molecule has 0 amide bonds. The van der Waals surface area contributed by atoms with E-state index in [4.69, 9.17) is 4.98 Å². The molecule has 0 aliphatic carbocycles. The van der Waals surface area contributed by atoms with Gasteiger partial charge >= 0.3 is 0 Å². The number of thiazole rings is 1. The first-order chi connectivity index (χ1) is 9.41. The van der Waals surface area contributed by atoms with Gasteiger partial charge in [-0.15, -0.1) is 11.3 Å². The standard InChI is InChI=1S/C16H23N3S/c1-6-17-10-13-14(16(3,4)5)19-15(20-13)12-9-7-8-11(2)18-12/h7-9,17H,6,10H2,1-5H3. The molecule has 0 spiro atoms. The highest BCUT2D eigenvalue weighted by Gasteiger charge is 2.23. The van der Waals surface area contributed by atoms with Crippen LogP contribution >= 0.6 is 11.3 Å².